The van der Waals surface area contributed by atoms with Crippen molar-refractivity contribution in [1.29, 1.82) is 0 Å². The number of rotatable bonds is 6. The summed E-state index contributed by atoms with van der Waals surface area (Å²) in [4.78, 5) is 28.3. The molecule has 1 N–H and O–H groups in total. The number of aromatic nitrogens is 3. The van der Waals surface area contributed by atoms with Crippen LogP contribution in [0.5, 0.6) is 0 Å². The summed E-state index contributed by atoms with van der Waals surface area (Å²) in [5.41, 5.74) is 3.54. The number of ether oxygens (including phenoxy) is 1. The van der Waals surface area contributed by atoms with Crippen LogP contribution in [0.1, 0.15) is 29.1 Å². The lowest BCUT2D eigenvalue weighted by Gasteiger charge is -2.11. The van der Waals surface area contributed by atoms with Gasteiger partial charge in [-0.1, -0.05) is 6.07 Å². The number of benzene rings is 1. The molecule has 0 aliphatic carbocycles. The van der Waals surface area contributed by atoms with E-state index in [0.717, 1.165) is 40.4 Å². The van der Waals surface area contributed by atoms with E-state index in [2.05, 4.69) is 15.4 Å². The molecule has 0 aliphatic heterocycles. The van der Waals surface area contributed by atoms with Gasteiger partial charge in [0.05, 0.1) is 5.69 Å². The Kier molecular flexibility index (Phi) is 5.86. The van der Waals surface area contributed by atoms with Crippen LogP contribution >= 0.6 is 0 Å². The highest BCUT2D eigenvalue weighted by Crippen LogP contribution is 2.18. The standard InChI is InChI=1S/C20H20F2N4O3/c1-11-9-17-23-12(2)14(13(3)26(17)25-11)7-8-19(28)29-10-18(27)24-20-15(21)5-4-6-16(20)22/h4-6,9H,7-8,10H2,1-3H3,(H,24,27). The van der Waals surface area contributed by atoms with E-state index >= 15 is 0 Å². The van der Waals surface area contributed by atoms with Crippen LogP contribution in [0, 0.1) is 32.4 Å². The molecule has 1 aromatic carbocycles. The number of hydrogen-bond acceptors (Lipinski definition) is 5. The third-order valence-electron chi connectivity index (χ3n) is 4.46. The van der Waals surface area contributed by atoms with Gasteiger partial charge in [-0.3, -0.25) is 9.59 Å². The van der Waals surface area contributed by atoms with Crippen LogP contribution in [0.4, 0.5) is 14.5 Å². The van der Waals surface area contributed by atoms with Crippen LogP contribution in [-0.2, 0) is 20.7 Å². The van der Waals surface area contributed by atoms with Gasteiger partial charge < -0.3 is 10.1 Å². The van der Waals surface area contributed by atoms with Crippen LogP contribution in [0.2, 0.25) is 0 Å². The van der Waals surface area contributed by atoms with Crippen molar-refractivity contribution >= 4 is 23.2 Å². The number of nitrogens with one attached hydrogen (secondary N) is 1. The second-order valence-electron chi connectivity index (χ2n) is 6.62. The van der Waals surface area contributed by atoms with Crippen LogP contribution in [0.15, 0.2) is 24.3 Å². The maximum atomic E-state index is 13.5. The number of fused-ring (bicyclic) bond motifs is 1. The van der Waals surface area contributed by atoms with E-state index in [4.69, 9.17) is 4.74 Å². The van der Waals surface area contributed by atoms with Crippen LogP contribution < -0.4 is 5.32 Å². The molecule has 0 unspecified atom stereocenters. The number of nitrogens with zero attached hydrogens (tertiary/aromatic N) is 3. The van der Waals surface area contributed by atoms with Gasteiger partial charge >= 0.3 is 5.97 Å². The maximum Gasteiger partial charge on any atom is 0.306 e. The molecular formula is C20H20F2N4O3. The molecule has 152 valence electrons. The fraction of sp³-hybridized carbons (Fsp3) is 0.300. The third kappa shape index (κ3) is 4.56. The summed E-state index contributed by atoms with van der Waals surface area (Å²) in [6.45, 7) is 4.98. The monoisotopic (exact) mass is 402 g/mol. The van der Waals surface area contributed by atoms with E-state index in [9.17, 15) is 18.4 Å². The van der Waals surface area contributed by atoms with Gasteiger partial charge in [-0.25, -0.2) is 18.3 Å². The Labute approximate surface area is 165 Å². The number of para-hydroxylation sites is 1. The first-order valence-electron chi connectivity index (χ1n) is 8.98. The second-order valence-corrected chi connectivity index (χ2v) is 6.62. The van der Waals surface area contributed by atoms with E-state index in [1.807, 2.05) is 26.8 Å². The first-order valence-corrected chi connectivity index (χ1v) is 8.98. The Morgan fingerprint density at radius 2 is 1.86 bits per heavy atom. The van der Waals surface area contributed by atoms with Gasteiger partial charge in [0.15, 0.2) is 12.3 Å². The predicted octanol–water partition coefficient (Wildman–Crippen LogP) is 3.05. The molecule has 0 fully saturated rings. The molecule has 0 spiro atoms. The van der Waals surface area contributed by atoms with Gasteiger partial charge in [0.1, 0.15) is 17.3 Å². The number of halogens is 2. The number of carbonyl (C=O) groups excluding carboxylic acids is 2. The molecule has 3 aromatic rings. The minimum Gasteiger partial charge on any atom is -0.456 e. The summed E-state index contributed by atoms with van der Waals surface area (Å²) in [7, 11) is 0. The molecule has 29 heavy (non-hydrogen) atoms. The summed E-state index contributed by atoms with van der Waals surface area (Å²) in [5.74, 6) is -3.26. The zero-order valence-electron chi connectivity index (χ0n) is 16.3. The molecule has 0 bridgehead atoms. The fourth-order valence-electron chi connectivity index (χ4n) is 3.04. The molecule has 9 heteroatoms. The normalized spacial score (nSPS) is 10.9. The van der Waals surface area contributed by atoms with Crippen LogP contribution in [-0.4, -0.2) is 33.1 Å². The van der Waals surface area contributed by atoms with Crippen molar-refractivity contribution in [3.05, 3.63) is 58.5 Å². The van der Waals surface area contributed by atoms with Gasteiger partial charge in [0.2, 0.25) is 0 Å². The van der Waals surface area contributed by atoms with E-state index < -0.39 is 35.8 Å². The molecule has 2 heterocycles. The van der Waals surface area contributed by atoms with Gasteiger partial charge in [-0.15, -0.1) is 0 Å². The van der Waals surface area contributed by atoms with E-state index in [1.54, 1.807) is 4.52 Å². The minimum atomic E-state index is -0.910. The van der Waals surface area contributed by atoms with Gasteiger partial charge in [-0.05, 0) is 44.9 Å². The number of esters is 1. The van der Waals surface area contributed by atoms with Crippen molar-refractivity contribution in [2.75, 3.05) is 11.9 Å². The van der Waals surface area contributed by atoms with Crippen molar-refractivity contribution in [2.45, 2.75) is 33.6 Å². The number of amides is 1. The highest BCUT2D eigenvalue weighted by molar-refractivity contribution is 5.93. The summed E-state index contributed by atoms with van der Waals surface area (Å²) >= 11 is 0. The molecule has 2 aromatic heterocycles. The summed E-state index contributed by atoms with van der Waals surface area (Å²) in [6, 6.07) is 5.08. The van der Waals surface area contributed by atoms with Crippen LogP contribution in [0.3, 0.4) is 0 Å². The average Bonchev–Trinajstić information content (AvgIpc) is 3.03. The van der Waals surface area contributed by atoms with E-state index in [1.165, 1.54) is 6.07 Å². The smallest absolute Gasteiger partial charge is 0.306 e. The quantitative estimate of drug-likeness (QED) is 0.641. The first-order chi connectivity index (χ1) is 13.8. The Balaban J connectivity index is 1.56. The summed E-state index contributed by atoms with van der Waals surface area (Å²) in [6.07, 6.45) is 0.387. The van der Waals surface area contributed by atoms with Crippen molar-refractivity contribution in [2.24, 2.45) is 0 Å². The van der Waals surface area contributed by atoms with E-state index in [0.29, 0.717) is 6.42 Å². The summed E-state index contributed by atoms with van der Waals surface area (Å²) < 4.78 is 33.7. The highest BCUT2D eigenvalue weighted by Gasteiger charge is 2.16. The van der Waals surface area contributed by atoms with Gasteiger partial charge in [0.25, 0.3) is 5.91 Å². The summed E-state index contributed by atoms with van der Waals surface area (Å²) in [5, 5.41) is 6.44. The molecular weight excluding hydrogens is 382 g/mol. The molecule has 0 saturated heterocycles. The first kappa shape index (κ1) is 20.4. The molecule has 0 atom stereocenters. The lowest BCUT2D eigenvalue weighted by Crippen LogP contribution is -2.22. The second kappa shape index (κ2) is 8.34. The molecule has 0 radical (unpaired) electrons. The van der Waals surface area contributed by atoms with Gasteiger partial charge in [0, 0.05) is 23.9 Å². The largest absolute Gasteiger partial charge is 0.456 e. The lowest BCUT2D eigenvalue weighted by atomic mass is 10.1. The van der Waals surface area contributed by atoms with Crippen molar-refractivity contribution in [3.8, 4) is 0 Å². The fourth-order valence-corrected chi connectivity index (χ4v) is 3.04. The average molecular weight is 402 g/mol. The van der Waals surface area contributed by atoms with Crippen molar-refractivity contribution < 1.29 is 23.1 Å². The number of anilines is 1. The van der Waals surface area contributed by atoms with Crippen LogP contribution in [0.25, 0.3) is 5.65 Å². The molecule has 0 aliphatic rings. The lowest BCUT2D eigenvalue weighted by molar-refractivity contribution is -0.147. The topological polar surface area (TPSA) is 85.6 Å². The molecule has 7 nitrogen and oxygen atoms in total. The third-order valence-corrected chi connectivity index (χ3v) is 4.46. The molecule has 3 rings (SSSR count). The SMILES string of the molecule is Cc1cc2nc(C)c(CCC(=O)OCC(=O)Nc3c(F)cccc3F)c(C)n2n1. The van der Waals surface area contributed by atoms with Crippen molar-refractivity contribution in [3.63, 3.8) is 0 Å². The number of hydrogen-bond donors (Lipinski definition) is 1. The Morgan fingerprint density at radius 3 is 2.55 bits per heavy atom. The Morgan fingerprint density at radius 1 is 1.17 bits per heavy atom. The highest BCUT2D eigenvalue weighted by atomic mass is 19.1. The Bertz CT molecular complexity index is 1070. The zero-order chi connectivity index (χ0) is 21.1. The Hall–Kier alpha value is -3.36. The number of carbonyl (C=O) groups is 2. The van der Waals surface area contributed by atoms with Gasteiger partial charge in [-0.2, -0.15) is 5.10 Å². The predicted molar refractivity (Wildman–Crippen MR) is 101 cm³/mol. The maximum absolute atomic E-state index is 13.5. The zero-order valence-corrected chi connectivity index (χ0v) is 16.3. The number of aryl methyl sites for hydroxylation is 3. The molecule has 1 amide bonds. The minimum absolute atomic E-state index is 0.0243. The van der Waals surface area contributed by atoms with E-state index in [-0.39, 0.29) is 6.42 Å². The molecule has 0 saturated carbocycles. The van der Waals surface area contributed by atoms with Crippen molar-refractivity contribution in [1.82, 2.24) is 14.6 Å².